The molecule has 1 atom stereocenters. The van der Waals surface area contributed by atoms with Crippen LogP contribution in [0.3, 0.4) is 0 Å². The van der Waals surface area contributed by atoms with Crippen molar-refractivity contribution in [1.29, 1.82) is 0 Å². The molecule has 0 spiro atoms. The van der Waals surface area contributed by atoms with Gasteiger partial charge in [0, 0.05) is 5.33 Å². The SMILES string of the molecule is COc1ccccc1CC(CBr)Cc1ccoc1. The fourth-order valence-electron chi connectivity index (χ4n) is 2.11. The maximum absolute atomic E-state index is 5.39. The van der Waals surface area contributed by atoms with Crippen LogP contribution in [-0.4, -0.2) is 12.4 Å². The Hall–Kier alpha value is -1.22. The Morgan fingerprint density at radius 3 is 2.72 bits per heavy atom. The summed E-state index contributed by atoms with van der Waals surface area (Å²) in [6, 6.07) is 10.2. The highest BCUT2D eigenvalue weighted by Crippen LogP contribution is 2.24. The van der Waals surface area contributed by atoms with Gasteiger partial charge in [-0.05, 0) is 42.0 Å². The predicted octanol–water partition coefficient (Wildman–Crippen LogP) is 4.08. The first-order valence-corrected chi connectivity index (χ1v) is 7.14. The number of furan rings is 1. The summed E-state index contributed by atoms with van der Waals surface area (Å²) in [5.41, 5.74) is 2.50. The van der Waals surface area contributed by atoms with Gasteiger partial charge in [0.25, 0.3) is 0 Å². The molecule has 0 fully saturated rings. The minimum atomic E-state index is 0.541. The van der Waals surface area contributed by atoms with Gasteiger partial charge in [0.05, 0.1) is 19.6 Å². The molecule has 0 amide bonds. The summed E-state index contributed by atoms with van der Waals surface area (Å²) in [7, 11) is 1.72. The van der Waals surface area contributed by atoms with Crippen LogP contribution in [0.2, 0.25) is 0 Å². The van der Waals surface area contributed by atoms with Crippen molar-refractivity contribution in [3.63, 3.8) is 0 Å². The number of methoxy groups -OCH3 is 1. The van der Waals surface area contributed by atoms with Gasteiger partial charge < -0.3 is 9.15 Å². The average Bonchev–Trinajstić information content (AvgIpc) is 2.91. The van der Waals surface area contributed by atoms with Crippen LogP contribution in [0, 0.1) is 5.92 Å². The molecule has 0 saturated carbocycles. The number of rotatable bonds is 6. The summed E-state index contributed by atoms with van der Waals surface area (Å²) in [6.45, 7) is 0. The lowest BCUT2D eigenvalue weighted by atomic mass is 9.95. The first kappa shape index (κ1) is 13.2. The van der Waals surface area contributed by atoms with Crippen LogP contribution < -0.4 is 4.74 Å². The molecule has 18 heavy (non-hydrogen) atoms. The minimum Gasteiger partial charge on any atom is -0.496 e. The second-order valence-corrected chi connectivity index (χ2v) is 5.02. The first-order valence-electron chi connectivity index (χ1n) is 6.02. The van der Waals surface area contributed by atoms with E-state index in [0.717, 1.165) is 23.9 Å². The van der Waals surface area contributed by atoms with Gasteiger partial charge >= 0.3 is 0 Å². The zero-order valence-corrected chi connectivity index (χ0v) is 12.0. The topological polar surface area (TPSA) is 22.4 Å². The summed E-state index contributed by atoms with van der Waals surface area (Å²) < 4.78 is 10.5. The van der Waals surface area contributed by atoms with Crippen molar-refractivity contribution in [2.24, 2.45) is 5.92 Å². The number of para-hydroxylation sites is 1. The second kappa shape index (κ2) is 6.64. The first-order chi connectivity index (χ1) is 8.83. The van der Waals surface area contributed by atoms with Gasteiger partial charge in [-0.3, -0.25) is 0 Å². The zero-order valence-electron chi connectivity index (χ0n) is 10.4. The predicted molar refractivity (Wildman–Crippen MR) is 76.4 cm³/mol. The van der Waals surface area contributed by atoms with Gasteiger partial charge in [-0.1, -0.05) is 34.1 Å². The molecule has 1 unspecified atom stereocenters. The van der Waals surface area contributed by atoms with Gasteiger partial charge in [-0.15, -0.1) is 0 Å². The molecular formula is C15H17BrO2. The summed E-state index contributed by atoms with van der Waals surface area (Å²) >= 11 is 3.59. The lowest BCUT2D eigenvalue weighted by molar-refractivity contribution is 0.405. The smallest absolute Gasteiger partial charge is 0.122 e. The molecule has 1 aromatic heterocycles. The monoisotopic (exact) mass is 308 g/mol. The van der Waals surface area contributed by atoms with Crippen LogP contribution in [0.15, 0.2) is 47.3 Å². The Morgan fingerprint density at radius 2 is 2.06 bits per heavy atom. The summed E-state index contributed by atoms with van der Waals surface area (Å²) in [4.78, 5) is 0. The zero-order chi connectivity index (χ0) is 12.8. The van der Waals surface area contributed by atoms with E-state index in [2.05, 4.69) is 28.1 Å². The highest BCUT2D eigenvalue weighted by molar-refractivity contribution is 9.09. The van der Waals surface area contributed by atoms with E-state index in [1.165, 1.54) is 11.1 Å². The minimum absolute atomic E-state index is 0.541. The molecule has 0 saturated heterocycles. The molecule has 96 valence electrons. The largest absolute Gasteiger partial charge is 0.496 e. The van der Waals surface area contributed by atoms with E-state index >= 15 is 0 Å². The van der Waals surface area contributed by atoms with Gasteiger partial charge in [-0.25, -0.2) is 0 Å². The third-order valence-corrected chi connectivity index (χ3v) is 3.94. The Balaban J connectivity index is 2.05. The van der Waals surface area contributed by atoms with E-state index in [1.807, 2.05) is 24.5 Å². The summed E-state index contributed by atoms with van der Waals surface area (Å²) in [5, 5.41) is 0.968. The van der Waals surface area contributed by atoms with E-state index in [4.69, 9.17) is 9.15 Å². The number of hydrogen-bond donors (Lipinski definition) is 0. The Labute approximate surface area is 116 Å². The van der Waals surface area contributed by atoms with Crippen LogP contribution in [0.1, 0.15) is 11.1 Å². The third kappa shape index (κ3) is 3.39. The molecule has 1 heterocycles. The molecule has 0 aliphatic rings. The lowest BCUT2D eigenvalue weighted by Gasteiger charge is -2.15. The molecule has 2 nitrogen and oxygen atoms in total. The molecule has 0 aliphatic carbocycles. The van der Waals surface area contributed by atoms with Crippen LogP contribution in [0.4, 0.5) is 0 Å². The van der Waals surface area contributed by atoms with Crippen molar-refractivity contribution in [3.8, 4) is 5.75 Å². The fraction of sp³-hybridized carbons (Fsp3) is 0.333. The fourth-order valence-corrected chi connectivity index (χ4v) is 2.56. The third-order valence-electron chi connectivity index (χ3n) is 3.02. The highest BCUT2D eigenvalue weighted by atomic mass is 79.9. The van der Waals surface area contributed by atoms with Crippen molar-refractivity contribution < 1.29 is 9.15 Å². The van der Waals surface area contributed by atoms with Crippen molar-refractivity contribution in [3.05, 3.63) is 54.0 Å². The average molecular weight is 309 g/mol. The molecule has 0 bridgehead atoms. The van der Waals surface area contributed by atoms with Gasteiger partial charge in [0.15, 0.2) is 0 Å². The van der Waals surface area contributed by atoms with Crippen molar-refractivity contribution in [1.82, 2.24) is 0 Å². The van der Waals surface area contributed by atoms with Crippen molar-refractivity contribution in [2.75, 3.05) is 12.4 Å². The number of halogens is 1. The van der Waals surface area contributed by atoms with Crippen molar-refractivity contribution in [2.45, 2.75) is 12.8 Å². The normalized spacial score (nSPS) is 12.3. The lowest BCUT2D eigenvalue weighted by Crippen LogP contribution is -2.10. The summed E-state index contributed by atoms with van der Waals surface area (Å²) in [5.74, 6) is 1.51. The van der Waals surface area contributed by atoms with E-state index in [0.29, 0.717) is 5.92 Å². The molecule has 2 aromatic rings. The standard InChI is InChI=1S/C15H17BrO2/c1-17-15-5-3-2-4-14(15)9-13(10-16)8-12-6-7-18-11-12/h2-7,11,13H,8-10H2,1H3. The Bertz CT molecular complexity index is 465. The van der Waals surface area contributed by atoms with Crippen LogP contribution in [0.5, 0.6) is 5.75 Å². The maximum Gasteiger partial charge on any atom is 0.122 e. The Morgan fingerprint density at radius 1 is 1.22 bits per heavy atom. The van der Waals surface area contributed by atoms with E-state index in [-0.39, 0.29) is 0 Å². The molecule has 0 radical (unpaired) electrons. The van der Waals surface area contributed by atoms with Crippen LogP contribution in [0.25, 0.3) is 0 Å². The molecule has 2 rings (SSSR count). The summed E-state index contributed by atoms with van der Waals surface area (Å²) in [6.07, 6.45) is 5.56. The molecule has 1 aromatic carbocycles. The Kier molecular flexibility index (Phi) is 4.88. The molecule has 0 aliphatic heterocycles. The second-order valence-electron chi connectivity index (χ2n) is 4.37. The van der Waals surface area contributed by atoms with E-state index in [9.17, 15) is 0 Å². The number of ether oxygens (including phenoxy) is 1. The van der Waals surface area contributed by atoms with Gasteiger partial charge in [0.1, 0.15) is 5.75 Å². The van der Waals surface area contributed by atoms with E-state index < -0.39 is 0 Å². The maximum atomic E-state index is 5.39. The molecular weight excluding hydrogens is 292 g/mol. The molecule has 0 N–H and O–H groups in total. The van der Waals surface area contributed by atoms with Crippen LogP contribution >= 0.6 is 15.9 Å². The van der Waals surface area contributed by atoms with E-state index in [1.54, 1.807) is 13.4 Å². The molecule has 3 heteroatoms. The number of hydrogen-bond acceptors (Lipinski definition) is 2. The highest BCUT2D eigenvalue weighted by Gasteiger charge is 2.12. The number of alkyl halides is 1. The quantitative estimate of drug-likeness (QED) is 0.750. The number of benzene rings is 1. The van der Waals surface area contributed by atoms with Crippen LogP contribution in [-0.2, 0) is 12.8 Å². The van der Waals surface area contributed by atoms with Crippen molar-refractivity contribution >= 4 is 15.9 Å². The van der Waals surface area contributed by atoms with Gasteiger partial charge in [0.2, 0.25) is 0 Å². The van der Waals surface area contributed by atoms with Gasteiger partial charge in [-0.2, -0.15) is 0 Å².